The van der Waals surface area contributed by atoms with Gasteiger partial charge in [0.15, 0.2) is 5.58 Å². The fourth-order valence-corrected chi connectivity index (χ4v) is 2.24. The highest BCUT2D eigenvalue weighted by Crippen LogP contribution is 2.24. The molecule has 0 aliphatic heterocycles. The number of nitrogens with zero attached hydrogens (tertiary/aromatic N) is 1. The number of oxazole rings is 1. The van der Waals surface area contributed by atoms with Gasteiger partial charge >= 0.3 is 0 Å². The summed E-state index contributed by atoms with van der Waals surface area (Å²) in [6.07, 6.45) is 0. The van der Waals surface area contributed by atoms with Crippen LogP contribution in [0.5, 0.6) is 0 Å². The third-order valence-corrected chi connectivity index (χ3v) is 3.11. The minimum Gasteiger partial charge on any atom is -0.431 e. The van der Waals surface area contributed by atoms with Gasteiger partial charge in [-0.15, -0.1) is 0 Å². The van der Waals surface area contributed by atoms with Crippen LogP contribution in [0.15, 0.2) is 64.2 Å². The van der Waals surface area contributed by atoms with Crippen molar-refractivity contribution >= 4 is 33.8 Å². The number of nitrogens with one attached hydrogen (secondary N) is 1. The molecule has 1 aromatic heterocycles. The molecule has 94 valence electrons. The van der Waals surface area contributed by atoms with Crippen molar-refractivity contribution in [1.29, 1.82) is 0 Å². The maximum Gasteiger partial charge on any atom is 0.292 e. The number of aromatic nitrogens is 1. The molecule has 0 unspecified atom stereocenters. The van der Waals surface area contributed by atoms with Crippen LogP contribution in [-0.2, 0) is 0 Å². The lowest BCUT2D eigenvalue weighted by molar-refractivity contribution is 0.269. The molecule has 19 heavy (non-hydrogen) atoms. The van der Waals surface area contributed by atoms with Crippen molar-refractivity contribution in [3.05, 3.63) is 54.6 Å². The second-order valence-corrected chi connectivity index (χ2v) is 4.75. The number of benzene rings is 2. The Hall–Kier alpha value is -2.27. The Labute approximate surface area is 113 Å². The molecule has 0 aliphatic rings. The second-order valence-electron chi connectivity index (χ2n) is 3.83. The molecule has 0 saturated heterocycles. The van der Waals surface area contributed by atoms with Crippen molar-refractivity contribution < 1.29 is 9.21 Å². The Balaban J connectivity index is 1.72. The number of carbonyl (C=O) groups excluding carboxylic acids is 1. The highest BCUT2D eigenvalue weighted by atomic mass is 32.2. The number of amides is 1. The largest absolute Gasteiger partial charge is 0.431 e. The Bertz CT molecular complexity index is 677. The van der Waals surface area contributed by atoms with Crippen LogP contribution in [0.2, 0.25) is 0 Å². The van der Waals surface area contributed by atoms with Crippen molar-refractivity contribution in [1.82, 2.24) is 4.98 Å². The first-order valence-corrected chi connectivity index (χ1v) is 6.52. The van der Waals surface area contributed by atoms with Gasteiger partial charge in [0.2, 0.25) is 0 Å². The summed E-state index contributed by atoms with van der Waals surface area (Å²) >= 11 is 0.936. The van der Waals surface area contributed by atoms with Crippen molar-refractivity contribution in [2.24, 2.45) is 0 Å². The van der Waals surface area contributed by atoms with Crippen molar-refractivity contribution in [3.63, 3.8) is 0 Å². The van der Waals surface area contributed by atoms with Gasteiger partial charge in [-0.1, -0.05) is 30.3 Å². The van der Waals surface area contributed by atoms with Crippen molar-refractivity contribution in [2.75, 3.05) is 5.32 Å². The number of thioether (sulfide) groups is 1. The summed E-state index contributed by atoms with van der Waals surface area (Å²) in [4.78, 5) is 16.0. The maximum absolute atomic E-state index is 11.8. The van der Waals surface area contributed by atoms with Crippen LogP contribution in [-0.4, -0.2) is 10.2 Å². The van der Waals surface area contributed by atoms with E-state index < -0.39 is 0 Å². The number of carbonyl (C=O) groups is 1. The lowest BCUT2D eigenvalue weighted by Gasteiger charge is -2.01. The molecule has 4 nitrogen and oxygen atoms in total. The molecule has 5 heteroatoms. The van der Waals surface area contributed by atoms with Crippen LogP contribution in [0, 0.1) is 0 Å². The average molecular weight is 270 g/mol. The summed E-state index contributed by atoms with van der Waals surface area (Å²) in [6.45, 7) is 0. The Morgan fingerprint density at radius 3 is 2.58 bits per heavy atom. The standard InChI is InChI=1S/C14H10N2O2S/c17-13(15-10-6-2-1-3-7-10)19-14-16-11-8-4-5-9-12(11)18-14/h1-9H,(H,15,17). The zero-order chi connectivity index (χ0) is 13.1. The monoisotopic (exact) mass is 270 g/mol. The molecule has 1 N–H and O–H groups in total. The Morgan fingerprint density at radius 2 is 1.79 bits per heavy atom. The van der Waals surface area contributed by atoms with E-state index in [1.165, 1.54) is 0 Å². The lowest BCUT2D eigenvalue weighted by atomic mass is 10.3. The lowest BCUT2D eigenvalue weighted by Crippen LogP contribution is -2.04. The molecule has 0 atom stereocenters. The van der Waals surface area contributed by atoms with Crippen LogP contribution < -0.4 is 5.32 Å². The minimum atomic E-state index is -0.224. The molecule has 2 aromatic carbocycles. The van der Waals surface area contributed by atoms with Gasteiger partial charge in [-0.25, -0.2) is 4.98 Å². The van der Waals surface area contributed by atoms with E-state index in [4.69, 9.17) is 4.42 Å². The SMILES string of the molecule is O=C(Nc1ccccc1)Sc1nc2ccccc2o1. The number of hydrogen-bond acceptors (Lipinski definition) is 4. The van der Waals surface area contributed by atoms with Crippen LogP contribution in [0.3, 0.4) is 0 Å². The predicted molar refractivity (Wildman–Crippen MR) is 75.3 cm³/mol. The first-order chi connectivity index (χ1) is 9.31. The number of rotatable bonds is 2. The zero-order valence-corrected chi connectivity index (χ0v) is 10.7. The van der Waals surface area contributed by atoms with E-state index in [9.17, 15) is 4.79 Å². The topological polar surface area (TPSA) is 55.1 Å². The molecule has 0 saturated carbocycles. The maximum atomic E-state index is 11.8. The molecule has 0 bridgehead atoms. The van der Waals surface area contributed by atoms with E-state index in [0.717, 1.165) is 23.0 Å². The summed E-state index contributed by atoms with van der Waals surface area (Å²) in [6, 6.07) is 16.7. The zero-order valence-electron chi connectivity index (χ0n) is 9.87. The molecule has 0 fully saturated rings. The molecular formula is C14H10N2O2S. The van der Waals surface area contributed by atoms with Crippen molar-refractivity contribution in [3.8, 4) is 0 Å². The van der Waals surface area contributed by atoms with Gasteiger partial charge in [0, 0.05) is 17.4 Å². The summed E-state index contributed by atoms with van der Waals surface area (Å²) in [5, 5.41) is 2.88. The van der Waals surface area contributed by atoms with Crippen LogP contribution in [0.25, 0.3) is 11.1 Å². The van der Waals surface area contributed by atoms with Gasteiger partial charge in [0.25, 0.3) is 10.5 Å². The van der Waals surface area contributed by atoms with Crippen LogP contribution >= 0.6 is 11.8 Å². The average Bonchev–Trinajstić information content (AvgIpc) is 2.81. The van der Waals surface area contributed by atoms with E-state index in [-0.39, 0.29) is 5.24 Å². The predicted octanol–water partition coefficient (Wildman–Crippen LogP) is 4.15. The quantitative estimate of drug-likeness (QED) is 0.711. The van der Waals surface area contributed by atoms with E-state index in [2.05, 4.69) is 10.3 Å². The van der Waals surface area contributed by atoms with Gasteiger partial charge in [-0.05, 0) is 24.3 Å². The summed E-state index contributed by atoms with van der Waals surface area (Å²) in [7, 11) is 0. The Kier molecular flexibility index (Phi) is 3.20. The van der Waals surface area contributed by atoms with E-state index in [1.807, 2.05) is 54.6 Å². The minimum absolute atomic E-state index is 0.224. The smallest absolute Gasteiger partial charge is 0.292 e. The fraction of sp³-hybridized carbons (Fsp3) is 0. The van der Waals surface area contributed by atoms with Crippen LogP contribution in [0.4, 0.5) is 10.5 Å². The van der Waals surface area contributed by atoms with Crippen molar-refractivity contribution in [2.45, 2.75) is 5.22 Å². The Morgan fingerprint density at radius 1 is 1.05 bits per heavy atom. The number of fused-ring (bicyclic) bond motifs is 1. The number of para-hydroxylation sites is 3. The molecule has 1 amide bonds. The third kappa shape index (κ3) is 2.77. The van der Waals surface area contributed by atoms with Gasteiger partial charge < -0.3 is 9.73 Å². The summed E-state index contributed by atoms with van der Waals surface area (Å²) in [5.41, 5.74) is 2.17. The highest BCUT2D eigenvalue weighted by Gasteiger charge is 2.11. The molecule has 0 spiro atoms. The third-order valence-electron chi connectivity index (χ3n) is 2.47. The van der Waals surface area contributed by atoms with Crippen LogP contribution in [0.1, 0.15) is 0 Å². The molecule has 0 aliphatic carbocycles. The molecule has 1 heterocycles. The number of anilines is 1. The van der Waals surface area contributed by atoms with Gasteiger partial charge in [-0.2, -0.15) is 0 Å². The molecule has 3 aromatic rings. The normalized spacial score (nSPS) is 10.5. The van der Waals surface area contributed by atoms with E-state index in [0.29, 0.717) is 10.8 Å². The second kappa shape index (κ2) is 5.16. The summed E-state index contributed by atoms with van der Waals surface area (Å²) in [5.74, 6) is 0. The fourth-order valence-electron chi connectivity index (χ4n) is 1.64. The number of hydrogen-bond donors (Lipinski definition) is 1. The van der Waals surface area contributed by atoms with E-state index in [1.54, 1.807) is 0 Å². The van der Waals surface area contributed by atoms with Gasteiger partial charge in [-0.3, -0.25) is 4.79 Å². The highest BCUT2D eigenvalue weighted by molar-refractivity contribution is 8.13. The first kappa shape index (κ1) is 11.8. The van der Waals surface area contributed by atoms with Gasteiger partial charge in [0.05, 0.1) is 0 Å². The molecule has 3 rings (SSSR count). The first-order valence-electron chi connectivity index (χ1n) is 5.71. The molecular weight excluding hydrogens is 260 g/mol. The van der Waals surface area contributed by atoms with Gasteiger partial charge in [0.1, 0.15) is 5.52 Å². The van der Waals surface area contributed by atoms with E-state index >= 15 is 0 Å². The summed E-state index contributed by atoms with van der Waals surface area (Å²) < 4.78 is 5.47. The molecule has 0 radical (unpaired) electrons.